The van der Waals surface area contributed by atoms with Crippen molar-refractivity contribution in [1.29, 1.82) is 0 Å². The SMILES string of the molecule is CN1[C@@H]2CCC(C=NO)[C@H]1CC2. The number of oxime groups is 1. The molecular weight excluding hydrogens is 152 g/mol. The first-order valence-electron chi connectivity index (χ1n) is 4.72. The highest BCUT2D eigenvalue weighted by Gasteiger charge is 2.39. The van der Waals surface area contributed by atoms with Gasteiger partial charge in [-0.25, -0.2) is 0 Å². The molecule has 0 aromatic rings. The first kappa shape index (κ1) is 8.05. The van der Waals surface area contributed by atoms with Crippen LogP contribution in [-0.2, 0) is 0 Å². The lowest BCUT2D eigenvalue weighted by atomic mass is 9.92. The number of fused-ring (bicyclic) bond motifs is 2. The predicted octanol–water partition coefficient (Wildman–Crippen LogP) is 1.32. The van der Waals surface area contributed by atoms with E-state index in [0.717, 1.165) is 6.04 Å². The Bertz CT molecular complexity index is 193. The molecule has 2 aliphatic heterocycles. The average Bonchev–Trinajstić information content (AvgIpc) is 2.33. The molecule has 1 unspecified atom stereocenters. The van der Waals surface area contributed by atoms with Crippen LogP contribution in [0.1, 0.15) is 25.7 Å². The summed E-state index contributed by atoms with van der Waals surface area (Å²) in [4.78, 5) is 2.45. The largest absolute Gasteiger partial charge is 0.411 e. The summed E-state index contributed by atoms with van der Waals surface area (Å²) in [6.07, 6.45) is 6.78. The zero-order valence-electron chi connectivity index (χ0n) is 7.48. The smallest absolute Gasteiger partial charge is 0.0482 e. The Kier molecular flexibility index (Phi) is 2.05. The third-order valence-electron chi connectivity index (χ3n) is 3.48. The number of piperidine rings is 1. The van der Waals surface area contributed by atoms with Crippen LogP contribution < -0.4 is 0 Å². The van der Waals surface area contributed by atoms with Crippen LogP contribution in [-0.4, -0.2) is 35.5 Å². The van der Waals surface area contributed by atoms with E-state index in [1.165, 1.54) is 25.7 Å². The van der Waals surface area contributed by atoms with Gasteiger partial charge in [0.05, 0.1) is 0 Å². The third kappa shape index (κ3) is 1.12. The first-order chi connectivity index (χ1) is 5.83. The van der Waals surface area contributed by atoms with Crippen molar-refractivity contribution in [3.63, 3.8) is 0 Å². The van der Waals surface area contributed by atoms with Crippen molar-refractivity contribution in [3.05, 3.63) is 0 Å². The lowest BCUT2D eigenvalue weighted by Crippen LogP contribution is -2.42. The van der Waals surface area contributed by atoms with Gasteiger partial charge >= 0.3 is 0 Å². The molecule has 1 N–H and O–H groups in total. The van der Waals surface area contributed by atoms with Crippen molar-refractivity contribution in [1.82, 2.24) is 4.90 Å². The summed E-state index contributed by atoms with van der Waals surface area (Å²) in [7, 11) is 2.19. The summed E-state index contributed by atoms with van der Waals surface area (Å²) in [5.41, 5.74) is 0. The van der Waals surface area contributed by atoms with Crippen molar-refractivity contribution in [2.75, 3.05) is 7.05 Å². The molecule has 0 radical (unpaired) electrons. The highest BCUT2D eigenvalue weighted by atomic mass is 16.4. The number of rotatable bonds is 1. The minimum absolute atomic E-state index is 0.485. The van der Waals surface area contributed by atoms with E-state index in [0.29, 0.717) is 12.0 Å². The van der Waals surface area contributed by atoms with Gasteiger partial charge in [-0.15, -0.1) is 5.16 Å². The van der Waals surface area contributed by atoms with Crippen LogP contribution in [0.2, 0.25) is 0 Å². The van der Waals surface area contributed by atoms with Gasteiger partial charge in [-0.1, -0.05) is 0 Å². The Labute approximate surface area is 73.1 Å². The quantitative estimate of drug-likeness (QED) is 0.364. The standard InChI is InChI=1S/C9H16N2O/c1-11-8-3-2-7(6-10-12)9(11)5-4-8/h6-9,12H,2-5H2,1H3/t7?,8-,9-/m1/s1. The monoisotopic (exact) mass is 168 g/mol. The van der Waals surface area contributed by atoms with E-state index in [-0.39, 0.29) is 0 Å². The molecule has 0 aliphatic carbocycles. The van der Waals surface area contributed by atoms with Crippen LogP contribution in [0.5, 0.6) is 0 Å². The molecule has 2 saturated heterocycles. The summed E-state index contributed by atoms with van der Waals surface area (Å²) < 4.78 is 0. The van der Waals surface area contributed by atoms with Gasteiger partial charge in [0.1, 0.15) is 0 Å². The molecule has 2 heterocycles. The summed E-state index contributed by atoms with van der Waals surface area (Å²) in [6, 6.07) is 1.44. The lowest BCUT2D eigenvalue weighted by molar-refractivity contribution is 0.152. The Morgan fingerprint density at radius 3 is 2.83 bits per heavy atom. The van der Waals surface area contributed by atoms with Crippen LogP contribution in [0.25, 0.3) is 0 Å². The molecule has 0 spiro atoms. The fourth-order valence-electron chi connectivity index (χ4n) is 2.74. The zero-order valence-corrected chi connectivity index (χ0v) is 7.48. The van der Waals surface area contributed by atoms with Gasteiger partial charge in [0.25, 0.3) is 0 Å². The number of hydrogen-bond donors (Lipinski definition) is 1. The summed E-state index contributed by atoms with van der Waals surface area (Å²) in [5.74, 6) is 0.485. The van der Waals surface area contributed by atoms with Gasteiger partial charge in [0, 0.05) is 24.2 Å². The van der Waals surface area contributed by atoms with E-state index in [1.54, 1.807) is 6.21 Å². The normalized spacial score (nSPS) is 42.6. The van der Waals surface area contributed by atoms with Gasteiger partial charge in [-0.2, -0.15) is 0 Å². The molecule has 3 heteroatoms. The second-order valence-corrected chi connectivity index (χ2v) is 3.97. The van der Waals surface area contributed by atoms with E-state index in [2.05, 4.69) is 17.1 Å². The van der Waals surface area contributed by atoms with E-state index in [9.17, 15) is 0 Å². The van der Waals surface area contributed by atoms with Crippen molar-refractivity contribution >= 4 is 6.21 Å². The molecular formula is C9H16N2O. The molecule has 0 saturated carbocycles. The Morgan fingerprint density at radius 1 is 1.33 bits per heavy atom. The maximum atomic E-state index is 8.48. The summed E-state index contributed by atoms with van der Waals surface area (Å²) in [6.45, 7) is 0. The van der Waals surface area contributed by atoms with Gasteiger partial charge in [-0.05, 0) is 32.7 Å². The average molecular weight is 168 g/mol. The topological polar surface area (TPSA) is 35.8 Å². The van der Waals surface area contributed by atoms with E-state index in [4.69, 9.17) is 5.21 Å². The van der Waals surface area contributed by atoms with Crippen molar-refractivity contribution in [3.8, 4) is 0 Å². The highest BCUT2D eigenvalue weighted by Crippen LogP contribution is 2.36. The predicted molar refractivity (Wildman–Crippen MR) is 47.6 cm³/mol. The Hall–Kier alpha value is -0.570. The molecule has 2 rings (SSSR count). The summed E-state index contributed by atoms with van der Waals surface area (Å²) >= 11 is 0. The van der Waals surface area contributed by atoms with Crippen LogP contribution in [0.3, 0.4) is 0 Å². The minimum atomic E-state index is 0.485. The molecule has 2 fully saturated rings. The molecule has 3 atom stereocenters. The lowest BCUT2D eigenvalue weighted by Gasteiger charge is -2.35. The molecule has 2 aliphatic rings. The molecule has 12 heavy (non-hydrogen) atoms. The summed E-state index contributed by atoms with van der Waals surface area (Å²) in [5, 5.41) is 11.6. The fourth-order valence-corrected chi connectivity index (χ4v) is 2.74. The van der Waals surface area contributed by atoms with Crippen molar-refractivity contribution < 1.29 is 5.21 Å². The second kappa shape index (κ2) is 3.05. The van der Waals surface area contributed by atoms with E-state index < -0.39 is 0 Å². The third-order valence-corrected chi connectivity index (χ3v) is 3.48. The van der Waals surface area contributed by atoms with Crippen molar-refractivity contribution in [2.24, 2.45) is 11.1 Å². The van der Waals surface area contributed by atoms with Gasteiger partial charge in [0.15, 0.2) is 0 Å². The minimum Gasteiger partial charge on any atom is -0.411 e. The highest BCUT2D eigenvalue weighted by molar-refractivity contribution is 5.61. The number of hydrogen-bond acceptors (Lipinski definition) is 3. The molecule has 68 valence electrons. The van der Waals surface area contributed by atoms with Gasteiger partial charge < -0.3 is 5.21 Å². The number of nitrogens with zero attached hydrogens (tertiary/aromatic N) is 2. The molecule has 0 aromatic carbocycles. The van der Waals surface area contributed by atoms with Gasteiger partial charge in [0.2, 0.25) is 0 Å². The van der Waals surface area contributed by atoms with Crippen LogP contribution >= 0.6 is 0 Å². The maximum Gasteiger partial charge on any atom is 0.0482 e. The Morgan fingerprint density at radius 2 is 2.08 bits per heavy atom. The van der Waals surface area contributed by atoms with Crippen molar-refractivity contribution in [2.45, 2.75) is 37.8 Å². The first-order valence-corrected chi connectivity index (χ1v) is 4.72. The van der Waals surface area contributed by atoms with Gasteiger partial charge in [-0.3, -0.25) is 4.90 Å². The molecule has 0 aromatic heterocycles. The van der Waals surface area contributed by atoms with E-state index in [1.807, 2.05) is 0 Å². The molecule has 0 amide bonds. The van der Waals surface area contributed by atoms with Crippen LogP contribution in [0.4, 0.5) is 0 Å². The zero-order chi connectivity index (χ0) is 8.55. The maximum absolute atomic E-state index is 8.48. The molecule has 2 bridgehead atoms. The van der Waals surface area contributed by atoms with Crippen LogP contribution in [0.15, 0.2) is 5.16 Å². The molecule has 3 nitrogen and oxygen atoms in total. The second-order valence-electron chi connectivity index (χ2n) is 3.97. The fraction of sp³-hybridized carbons (Fsp3) is 0.889. The van der Waals surface area contributed by atoms with E-state index >= 15 is 0 Å². The Balaban J connectivity index is 2.09. The van der Waals surface area contributed by atoms with Crippen LogP contribution in [0, 0.1) is 5.92 Å².